The molecular formula is C9H10BrN3. The number of aromatic nitrogens is 3. The zero-order valence-corrected chi connectivity index (χ0v) is 8.95. The third-order valence-corrected chi connectivity index (χ3v) is 2.26. The van der Waals surface area contributed by atoms with Gasteiger partial charge in [-0.15, -0.1) is 0 Å². The molecule has 2 rings (SSSR count). The number of hydrogen-bond acceptors (Lipinski definition) is 2. The maximum absolute atomic E-state index is 4.29. The smallest absolute Gasteiger partial charge is 0.156 e. The summed E-state index contributed by atoms with van der Waals surface area (Å²) < 4.78 is 2.63. The predicted molar refractivity (Wildman–Crippen MR) is 54.7 cm³/mol. The molecule has 0 aliphatic heterocycles. The molecule has 4 heteroatoms. The second-order valence-corrected chi connectivity index (χ2v) is 3.79. The predicted octanol–water partition coefficient (Wildman–Crippen LogP) is 2.44. The van der Waals surface area contributed by atoms with E-state index < -0.39 is 0 Å². The Labute approximate surface area is 84.9 Å². The minimum absolute atomic E-state index is 0.827. The van der Waals surface area contributed by atoms with E-state index in [9.17, 15) is 0 Å². The lowest BCUT2D eigenvalue weighted by Crippen LogP contribution is -1.93. The van der Waals surface area contributed by atoms with Crippen molar-refractivity contribution in [3.05, 3.63) is 28.6 Å². The topological polar surface area (TPSA) is 30.2 Å². The van der Waals surface area contributed by atoms with Crippen LogP contribution in [0.3, 0.4) is 0 Å². The monoisotopic (exact) mass is 239 g/mol. The summed E-state index contributed by atoms with van der Waals surface area (Å²) in [6.07, 6.45) is 6.12. The van der Waals surface area contributed by atoms with Crippen LogP contribution in [-0.2, 0) is 6.42 Å². The van der Waals surface area contributed by atoms with Gasteiger partial charge in [-0.1, -0.05) is 13.3 Å². The molecule has 0 N–H and O–H groups in total. The number of aryl methyl sites for hydroxylation is 1. The number of nitrogens with zero attached hydrogens (tertiary/aromatic N) is 3. The van der Waals surface area contributed by atoms with Gasteiger partial charge in [0, 0.05) is 18.5 Å². The van der Waals surface area contributed by atoms with Crippen LogP contribution in [0.1, 0.15) is 18.9 Å². The van der Waals surface area contributed by atoms with Gasteiger partial charge in [-0.2, -0.15) is 5.10 Å². The van der Waals surface area contributed by atoms with E-state index in [1.807, 2.05) is 18.5 Å². The summed E-state index contributed by atoms with van der Waals surface area (Å²) in [6.45, 7) is 2.16. The zero-order chi connectivity index (χ0) is 9.26. The first-order valence-electron chi connectivity index (χ1n) is 4.29. The molecule has 0 radical (unpaired) electrons. The summed E-state index contributed by atoms with van der Waals surface area (Å²) in [7, 11) is 0. The van der Waals surface area contributed by atoms with E-state index in [1.54, 1.807) is 4.52 Å². The number of fused-ring (bicyclic) bond motifs is 1. The Bertz CT molecular complexity index is 422. The van der Waals surface area contributed by atoms with Crippen LogP contribution in [0.5, 0.6) is 0 Å². The van der Waals surface area contributed by atoms with Crippen molar-refractivity contribution in [2.75, 3.05) is 0 Å². The van der Waals surface area contributed by atoms with Crippen LogP contribution in [0.2, 0.25) is 0 Å². The van der Waals surface area contributed by atoms with E-state index >= 15 is 0 Å². The fourth-order valence-electron chi connectivity index (χ4n) is 1.30. The third-order valence-electron chi connectivity index (χ3n) is 1.88. The fraction of sp³-hybridized carbons (Fsp3) is 0.333. The molecule has 0 amide bonds. The molecule has 0 bridgehead atoms. The second kappa shape index (κ2) is 3.46. The Morgan fingerprint density at radius 3 is 3.15 bits per heavy atom. The van der Waals surface area contributed by atoms with Crippen LogP contribution in [0.15, 0.2) is 23.1 Å². The molecule has 2 aromatic rings. The first-order valence-corrected chi connectivity index (χ1v) is 5.08. The SMILES string of the molecule is CCCc1cnc2cc(Br)nn2c1. The van der Waals surface area contributed by atoms with Crippen molar-refractivity contribution in [1.82, 2.24) is 14.6 Å². The van der Waals surface area contributed by atoms with Gasteiger partial charge in [0.15, 0.2) is 5.65 Å². The van der Waals surface area contributed by atoms with Gasteiger partial charge >= 0.3 is 0 Å². The highest BCUT2D eigenvalue weighted by Gasteiger charge is 2.00. The number of hydrogen-bond donors (Lipinski definition) is 0. The number of rotatable bonds is 2. The van der Waals surface area contributed by atoms with Crippen molar-refractivity contribution in [3.63, 3.8) is 0 Å². The minimum atomic E-state index is 0.827. The van der Waals surface area contributed by atoms with E-state index in [2.05, 4.69) is 32.9 Å². The molecule has 0 fully saturated rings. The molecule has 0 spiro atoms. The molecule has 3 nitrogen and oxygen atoms in total. The molecular weight excluding hydrogens is 230 g/mol. The Balaban J connectivity index is 2.48. The van der Waals surface area contributed by atoms with Crippen molar-refractivity contribution in [2.45, 2.75) is 19.8 Å². The van der Waals surface area contributed by atoms with E-state index in [4.69, 9.17) is 0 Å². The second-order valence-electron chi connectivity index (χ2n) is 2.98. The van der Waals surface area contributed by atoms with Crippen molar-refractivity contribution in [3.8, 4) is 0 Å². The lowest BCUT2D eigenvalue weighted by atomic mass is 10.2. The normalized spacial score (nSPS) is 10.9. The third kappa shape index (κ3) is 1.72. The van der Waals surface area contributed by atoms with E-state index in [-0.39, 0.29) is 0 Å². The molecule has 0 atom stereocenters. The van der Waals surface area contributed by atoms with Crippen LogP contribution in [-0.4, -0.2) is 14.6 Å². The summed E-state index contributed by atoms with van der Waals surface area (Å²) in [4.78, 5) is 4.29. The zero-order valence-electron chi connectivity index (χ0n) is 7.37. The average Bonchev–Trinajstić information content (AvgIpc) is 2.44. The molecule has 0 saturated carbocycles. The molecule has 68 valence electrons. The lowest BCUT2D eigenvalue weighted by molar-refractivity contribution is 0.860. The van der Waals surface area contributed by atoms with Crippen molar-refractivity contribution in [1.29, 1.82) is 0 Å². The Morgan fingerprint density at radius 1 is 1.54 bits per heavy atom. The van der Waals surface area contributed by atoms with Gasteiger partial charge in [0.05, 0.1) is 0 Å². The lowest BCUT2D eigenvalue weighted by Gasteiger charge is -1.97. The minimum Gasteiger partial charge on any atom is -0.237 e. The molecule has 0 aliphatic carbocycles. The molecule has 13 heavy (non-hydrogen) atoms. The molecule has 0 aromatic carbocycles. The highest BCUT2D eigenvalue weighted by atomic mass is 79.9. The van der Waals surface area contributed by atoms with Gasteiger partial charge in [0.25, 0.3) is 0 Å². The van der Waals surface area contributed by atoms with Crippen LogP contribution in [0, 0.1) is 0 Å². The van der Waals surface area contributed by atoms with E-state index in [1.165, 1.54) is 5.56 Å². The Kier molecular flexibility index (Phi) is 2.31. The van der Waals surface area contributed by atoms with Crippen LogP contribution < -0.4 is 0 Å². The maximum atomic E-state index is 4.29. The van der Waals surface area contributed by atoms with Gasteiger partial charge < -0.3 is 0 Å². The highest BCUT2D eigenvalue weighted by Crippen LogP contribution is 2.10. The summed E-state index contributed by atoms with van der Waals surface area (Å²) in [5.41, 5.74) is 2.11. The summed E-state index contributed by atoms with van der Waals surface area (Å²) >= 11 is 3.32. The molecule has 2 aromatic heterocycles. The van der Waals surface area contributed by atoms with Crippen molar-refractivity contribution in [2.24, 2.45) is 0 Å². The highest BCUT2D eigenvalue weighted by molar-refractivity contribution is 9.10. The van der Waals surface area contributed by atoms with Crippen LogP contribution in [0.4, 0.5) is 0 Å². The quantitative estimate of drug-likeness (QED) is 0.806. The van der Waals surface area contributed by atoms with Gasteiger partial charge in [0.2, 0.25) is 0 Å². The van der Waals surface area contributed by atoms with Crippen LogP contribution >= 0.6 is 15.9 Å². The first kappa shape index (κ1) is 8.69. The maximum Gasteiger partial charge on any atom is 0.156 e. The summed E-state index contributed by atoms with van der Waals surface area (Å²) in [5, 5.41) is 4.23. The average molecular weight is 240 g/mol. The van der Waals surface area contributed by atoms with E-state index in [0.29, 0.717) is 0 Å². The Morgan fingerprint density at radius 2 is 2.38 bits per heavy atom. The standard InChI is InChI=1S/C9H10BrN3/c1-2-3-7-5-11-9-4-8(10)12-13(9)6-7/h4-6H,2-3H2,1H3. The molecule has 2 heterocycles. The van der Waals surface area contributed by atoms with Gasteiger partial charge in [-0.05, 0) is 27.9 Å². The Hall–Kier alpha value is -0.900. The summed E-state index contributed by atoms with van der Waals surface area (Å²) in [6, 6.07) is 1.90. The molecule has 0 aliphatic rings. The molecule has 0 saturated heterocycles. The fourth-order valence-corrected chi connectivity index (χ4v) is 1.68. The van der Waals surface area contributed by atoms with Crippen molar-refractivity contribution >= 4 is 21.6 Å². The van der Waals surface area contributed by atoms with Gasteiger partial charge in [-0.25, -0.2) is 9.50 Å². The largest absolute Gasteiger partial charge is 0.237 e. The summed E-state index contributed by atoms with van der Waals surface area (Å²) in [5.74, 6) is 0. The van der Waals surface area contributed by atoms with Gasteiger partial charge in [-0.3, -0.25) is 0 Å². The van der Waals surface area contributed by atoms with Gasteiger partial charge in [0.1, 0.15) is 4.60 Å². The van der Waals surface area contributed by atoms with Crippen molar-refractivity contribution < 1.29 is 0 Å². The first-order chi connectivity index (χ1) is 6.29. The molecule has 0 unspecified atom stereocenters. The number of halogens is 1. The van der Waals surface area contributed by atoms with E-state index in [0.717, 1.165) is 23.1 Å². The van der Waals surface area contributed by atoms with Crippen LogP contribution in [0.25, 0.3) is 5.65 Å².